The van der Waals surface area contributed by atoms with Crippen LogP contribution in [0.2, 0.25) is 0 Å². The van der Waals surface area contributed by atoms with Gasteiger partial charge in [-0.2, -0.15) is 0 Å². The third kappa shape index (κ3) is 3.37. The molecule has 1 aromatic carbocycles. The van der Waals surface area contributed by atoms with Crippen molar-refractivity contribution in [2.75, 3.05) is 25.1 Å². The van der Waals surface area contributed by atoms with Crippen molar-refractivity contribution in [3.63, 3.8) is 0 Å². The Hall–Kier alpha value is -1.75. The lowest BCUT2D eigenvalue weighted by Crippen LogP contribution is -2.28. The van der Waals surface area contributed by atoms with E-state index in [9.17, 15) is 0 Å². The monoisotopic (exact) mass is 264 g/mol. The summed E-state index contributed by atoms with van der Waals surface area (Å²) in [4.78, 5) is 0. The molecule has 1 aromatic rings. The molecule has 4 nitrogen and oxygen atoms in total. The van der Waals surface area contributed by atoms with Crippen molar-refractivity contribution < 1.29 is 9.47 Å². The van der Waals surface area contributed by atoms with Gasteiger partial charge in [-0.05, 0) is 24.4 Å². The zero-order valence-corrected chi connectivity index (χ0v) is 10.9. The van der Waals surface area contributed by atoms with Gasteiger partial charge in [0.15, 0.2) is 16.6 Å². The number of benzene rings is 1. The first-order chi connectivity index (χ1) is 8.79. The highest BCUT2D eigenvalue weighted by atomic mass is 32.1. The van der Waals surface area contributed by atoms with Crippen molar-refractivity contribution in [2.24, 2.45) is 0 Å². The molecule has 0 radical (unpaired) electrons. The van der Waals surface area contributed by atoms with Crippen LogP contribution in [0.5, 0.6) is 11.5 Å². The molecular weight excluding hydrogens is 248 g/mol. The first-order valence-corrected chi connectivity index (χ1v) is 6.26. The molecule has 0 atom stereocenters. The maximum Gasteiger partial charge on any atom is 0.171 e. The minimum atomic E-state index is 0.560. The lowest BCUT2D eigenvalue weighted by molar-refractivity contribution is 0.297. The number of anilines is 1. The molecule has 0 spiro atoms. The van der Waals surface area contributed by atoms with Crippen LogP contribution in [0.15, 0.2) is 30.9 Å². The van der Waals surface area contributed by atoms with Crippen molar-refractivity contribution >= 4 is 23.0 Å². The first kappa shape index (κ1) is 12.7. The van der Waals surface area contributed by atoms with Gasteiger partial charge in [-0.3, -0.25) is 0 Å². The van der Waals surface area contributed by atoms with E-state index in [1.807, 2.05) is 18.2 Å². The summed E-state index contributed by atoms with van der Waals surface area (Å²) in [5, 5.41) is 6.65. The number of nitrogens with one attached hydrogen (secondary N) is 2. The molecule has 0 aliphatic carbocycles. The Bertz CT molecular complexity index is 449. The van der Waals surface area contributed by atoms with E-state index in [0.717, 1.165) is 23.6 Å². The molecule has 0 amide bonds. The van der Waals surface area contributed by atoms with Gasteiger partial charge in [-0.25, -0.2) is 0 Å². The molecule has 0 saturated heterocycles. The summed E-state index contributed by atoms with van der Waals surface area (Å²) < 4.78 is 11.2. The maximum atomic E-state index is 5.61. The molecule has 5 heteroatoms. The Kier molecular flexibility index (Phi) is 4.41. The maximum absolute atomic E-state index is 5.61. The summed E-state index contributed by atoms with van der Waals surface area (Å²) in [5.74, 6) is 1.53. The van der Waals surface area contributed by atoms with Crippen LogP contribution >= 0.6 is 12.2 Å². The molecular formula is C13H16N2O2S. The Morgan fingerprint density at radius 3 is 2.89 bits per heavy atom. The number of fused-ring (bicyclic) bond motifs is 1. The molecule has 2 N–H and O–H groups in total. The van der Waals surface area contributed by atoms with Gasteiger partial charge in [0, 0.05) is 24.7 Å². The van der Waals surface area contributed by atoms with E-state index in [1.54, 1.807) is 6.08 Å². The predicted molar refractivity (Wildman–Crippen MR) is 76.5 cm³/mol. The lowest BCUT2D eigenvalue weighted by Gasteiger charge is -2.12. The van der Waals surface area contributed by atoms with Gasteiger partial charge in [0.25, 0.3) is 0 Å². The average Bonchev–Trinajstić information content (AvgIpc) is 2.61. The first-order valence-electron chi connectivity index (χ1n) is 5.85. The normalized spacial score (nSPS) is 13.3. The van der Waals surface area contributed by atoms with E-state index in [0.29, 0.717) is 24.9 Å². The van der Waals surface area contributed by atoms with Crippen LogP contribution in [0.4, 0.5) is 5.69 Å². The highest BCUT2D eigenvalue weighted by Crippen LogP contribution is 2.32. The molecule has 0 unspecified atom stereocenters. The van der Waals surface area contributed by atoms with Crippen LogP contribution in [0.1, 0.15) is 6.42 Å². The molecule has 0 aromatic heterocycles. The number of thiocarbonyl (C=S) groups is 1. The van der Waals surface area contributed by atoms with Gasteiger partial charge >= 0.3 is 0 Å². The minimum absolute atomic E-state index is 0.560. The SMILES string of the molecule is C=CCNC(=S)Nc1ccc2c(c1)OCCCO2. The number of hydrogen-bond acceptors (Lipinski definition) is 3. The summed E-state index contributed by atoms with van der Waals surface area (Å²) >= 11 is 5.14. The van der Waals surface area contributed by atoms with Crippen molar-refractivity contribution in [2.45, 2.75) is 6.42 Å². The summed E-state index contributed by atoms with van der Waals surface area (Å²) in [6, 6.07) is 5.69. The van der Waals surface area contributed by atoms with Crippen molar-refractivity contribution in [3.05, 3.63) is 30.9 Å². The van der Waals surface area contributed by atoms with E-state index in [-0.39, 0.29) is 0 Å². The second-order valence-corrected chi connectivity index (χ2v) is 4.24. The molecule has 0 fully saturated rings. The van der Waals surface area contributed by atoms with E-state index in [1.165, 1.54) is 0 Å². The van der Waals surface area contributed by atoms with Crippen LogP contribution in [-0.2, 0) is 0 Å². The quantitative estimate of drug-likeness (QED) is 0.648. The van der Waals surface area contributed by atoms with Gasteiger partial charge < -0.3 is 20.1 Å². The fourth-order valence-electron chi connectivity index (χ4n) is 1.58. The van der Waals surface area contributed by atoms with Crippen molar-refractivity contribution in [1.29, 1.82) is 0 Å². The molecule has 1 aliphatic rings. The van der Waals surface area contributed by atoms with Crippen LogP contribution in [0, 0.1) is 0 Å². The van der Waals surface area contributed by atoms with E-state index in [2.05, 4.69) is 17.2 Å². The van der Waals surface area contributed by atoms with Crippen LogP contribution < -0.4 is 20.1 Å². The van der Waals surface area contributed by atoms with Gasteiger partial charge in [-0.1, -0.05) is 6.08 Å². The number of ether oxygens (including phenoxy) is 2. The van der Waals surface area contributed by atoms with Gasteiger partial charge in [0.2, 0.25) is 0 Å². The molecule has 1 heterocycles. The fourth-order valence-corrected chi connectivity index (χ4v) is 1.78. The van der Waals surface area contributed by atoms with Crippen LogP contribution in [0.3, 0.4) is 0 Å². The van der Waals surface area contributed by atoms with E-state index >= 15 is 0 Å². The summed E-state index contributed by atoms with van der Waals surface area (Å²) in [7, 11) is 0. The zero-order chi connectivity index (χ0) is 12.8. The zero-order valence-electron chi connectivity index (χ0n) is 10.1. The molecule has 18 heavy (non-hydrogen) atoms. The molecule has 0 saturated carbocycles. The fraction of sp³-hybridized carbons (Fsp3) is 0.308. The number of rotatable bonds is 3. The summed E-state index contributed by atoms with van der Waals surface area (Å²) in [6.07, 6.45) is 2.65. The van der Waals surface area contributed by atoms with Gasteiger partial charge in [-0.15, -0.1) is 6.58 Å². The molecule has 96 valence electrons. The Balaban J connectivity index is 2.03. The second-order valence-electron chi connectivity index (χ2n) is 3.84. The van der Waals surface area contributed by atoms with Crippen LogP contribution in [0.25, 0.3) is 0 Å². The lowest BCUT2D eigenvalue weighted by atomic mass is 10.3. The second kappa shape index (κ2) is 6.26. The smallest absolute Gasteiger partial charge is 0.171 e. The summed E-state index contributed by atoms with van der Waals surface area (Å²) in [6.45, 7) is 5.63. The van der Waals surface area contributed by atoms with Crippen molar-refractivity contribution in [1.82, 2.24) is 5.32 Å². The Labute approximate surface area is 112 Å². The molecule has 2 rings (SSSR count). The standard InChI is InChI=1S/C13H16N2O2S/c1-2-6-14-13(18)15-10-4-5-11-12(9-10)17-8-3-7-16-11/h2,4-5,9H,1,3,6-8H2,(H2,14,15,18). The summed E-state index contributed by atoms with van der Waals surface area (Å²) in [5.41, 5.74) is 0.876. The van der Waals surface area contributed by atoms with E-state index in [4.69, 9.17) is 21.7 Å². The van der Waals surface area contributed by atoms with Gasteiger partial charge in [0.1, 0.15) is 0 Å². The predicted octanol–water partition coefficient (Wildman–Crippen LogP) is 2.32. The van der Waals surface area contributed by atoms with Gasteiger partial charge in [0.05, 0.1) is 13.2 Å². The van der Waals surface area contributed by atoms with E-state index < -0.39 is 0 Å². The largest absolute Gasteiger partial charge is 0.490 e. The highest BCUT2D eigenvalue weighted by Gasteiger charge is 2.10. The Morgan fingerprint density at radius 2 is 2.11 bits per heavy atom. The highest BCUT2D eigenvalue weighted by molar-refractivity contribution is 7.80. The minimum Gasteiger partial charge on any atom is -0.490 e. The third-order valence-electron chi connectivity index (χ3n) is 2.41. The molecule has 0 bridgehead atoms. The van der Waals surface area contributed by atoms with Crippen LogP contribution in [-0.4, -0.2) is 24.9 Å². The topological polar surface area (TPSA) is 42.5 Å². The van der Waals surface area contributed by atoms with Crippen molar-refractivity contribution in [3.8, 4) is 11.5 Å². The Morgan fingerprint density at radius 1 is 1.33 bits per heavy atom. The number of hydrogen-bond donors (Lipinski definition) is 2. The third-order valence-corrected chi connectivity index (χ3v) is 2.66. The average molecular weight is 264 g/mol. The molecule has 1 aliphatic heterocycles.